The summed E-state index contributed by atoms with van der Waals surface area (Å²) in [4.78, 5) is 12.0. The van der Waals surface area contributed by atoms with E-state index in [1.54, 1.807) is 6.21 Å². The number of aromatic amines is 1. The second-order valence-electron chi connectivity index (χ2n) is 5.03. The highest BCUT2D eigenvalue weighted by molar-refractivity contribution is 5.94. The summed E-state index contributed by atoms with van der Waals surface area (Å²) in [6, 6.07) is 9.94. The van der Waals surface area contributed by atoms with E-state index in [1.807, 2.05) is 57.2 Å². The number of aryl methyl sites for hydroxylation is 1. The Morgan fingerprint density at radius 3 is 2.73 bits per heavy atom. The molecule has 0 aliphatic heterocycles. The third-order valence-electron chi connectivity index (χ3n) is 3.31. The van der Waals surface area contributed by atoms with E-state index < -0.39 is 0 Å². The smallest absolute Gasteiger partial charge is 0.282 e. The van der Waals surface area contributed by atoms with Gasteiger partial charge in [0, 0.05) is 11.3 Å². The average Bonchev–Trinajstić information content (AvgIpc) is 2.89. The van der Waals surface area contributed by atoms with E-state index in [2.05, 4.69) is 20.7 Å². The molecule has 0 aliphatic carbocycles. The van der Waals surface area contributed by atoms with Crippen molar-refractivity contribution in [2.24, 2.45) is 5.10 Å². The normalized spacial score (nSPS) is 11.9. The van der Waals surface area contributed by atoms with E-state index >= 15 is 0 Å². The number of hydrazone groups is 1. The lowest BCUT2D eigenvalue weighted by Gasteiger charge is -1.98. The van der Waals surface area contributed by atoms with Crippen LogP contribution in [0.15, 0.2) is 41.0 Å². The molecular formula is C17H20N4O. The van der Waals surface area contributed by atoms with Gasteiger partial charge in [0.05, 0.1) is 6.21 Å². The van der Waals surface area contributed by atoms with Gasteiger partial charge in [-0.05, 0) is 31.4 Å². The SMILES string of the molecule is CCc1[nH]nc(C(=O)NN=CC(C)=Cc2ccccc2)c1C. The van der Waals surface area contributed by atoms with Gasteiger partial charge in [-0.2, -0.15) is 10.2 Å². The minimum absolute atomic E-state index is 0.308. The van der Waals surface area contributed by atoms with Gasteiger partial charge in [0.2, 0.25) is 0 Å². The number of nitrogens with zero attached hydrogens (tertiary/aromatic N) is 2. The topological polar surface area (TPSA) is 70.1 Å². The van der Waals surface area contributed by atoms with Crippen molar-refractivity contribution in [2.75, 3.05) is 0 Å². The van der Waals surface area contributed by atoms with Gasteiger partial charge in [0.25, 0.3) is 5.91 Å². The highest BCUT2D eigenvalue weighted by atomic mass is 16.2. The fourth-order valence-corrected chi connectivity index (χ4v) is 2.09. The first-order valence-corrected chi connectivity index (χ1v) is 7.22. The molecule has 1 aromatic carbocycles. The molecule has 0 atom stereocenters. The number of allylic oxidation sites excluding steroid dienone is 1. The van der Waals surface area contributed by atoms with Crippen LogP contribution < -0.4 is 5.43 Å². The van der Waals surface area contributed by atoms with Crippen molar-refractivity contribution >= 4 is 18.2 Å². The molecule has 0 bridgehead atoms. The molecule has 0 fully saturated rings. The number of H-pyrrole nitrogens is 1. The van der Waals surface area contributed by atoms with Crippen LogP contribution in [-0.4, -0.2) is 22.3 Å². The maximum atomic E-state index is 12.0. The Bertz CT molecular complexity index is 699. The van der Waals surface area contributed by atoms with Crippen LogP contribution in [0.2, 0.25) is 0 Å². The molecule has 0 radical (unpaired) electrons. The van der Waals surface area contributed by atoms with Crippen molar-refractivity contribution in [2.45, 2.75) is 27.2 Å². The summed E-state index contributed by atoms with van der Waals surface area (Å²) >= 11 is 0. The maximum absolute atomic E-state index is 12.0. The summed E-state index contributed by atoms with van der Waals surface area (Å²) in [5.41, 5.74) is 6.76. The summed E-state index contributed by atoms with van der Waals surface area (Å²) in [6.07, 6.45) is 4.42. The number of benzene rings is 1. The summed E-state index contributed by atoms with van der Waals surface area (Å²) in [5.74, 6) is -0.308. The van der Waals surface area contributed by atoms with Gasteiger partial charge >= 0.3 is 0 Å². The average molecular weight is 296 g/mol. The van der Waals surface area contributed by atoms with E-state index in [0.29, 0.717) is 5.69 Å². The zero-order chi connectivity index (χ0) is 15.9. The van der Waals surface area contributed by atoms with Gasteiger partial charge in [-0.3, -0.25) is 9.89 Å². The lowest BCUT2D eigenvalue weighted by atomic mass is 10.1. The van der Waals surface area contributed by atoms with Crippen molar-refractivity contribution < 1.29 is 4.79 Å². The predicted octanol–water partition coefficient (Wildman–Crippen LogP) is 3.10. The molecule has 0 unspecified atom stereocenters. The number of aromatic nitrogens is 2. The van der Waals surface area contributed by atoms with Crippen molar-refractivity contribution in [1.29, 1.82) is 0 Å². The standard InChI is InChI=1S/C17H20N4O/c1-4-15-13(3)16(20-19-15)17(22)21-18-11-12(2)10-14-8-6-5-7-9-14/h5-11H,4H2,1-3H3,(H,19,20)(H,21,22). The number of hydrogen-bond donors (Lipinski definition) is 2. The van der Waals surface area contributed by atoms with Crippen molar-refractivity contribution in [3.8, 4) is 0 Å². The van der Waals surface area contributed by atoms with Gasteiger partial charge in [-0.1, -0.05) is 43.3 Å². The number of rotatable bonds is 5. The van der Waals surface area contributed by atoms with Gasteiger partial charge in [0.15, 0.2) is 5.69 Å². The van der Waals surface area contributed by atoms with Crippen LogP contribution in [0.5, 0.6) is 0 Å². The molecule has 2 aromatic rings. The highest BCUT2D eigenvalue weighted by Gasteiger charge is 2.14. The van der Waals surface area contributed by atoms with Crippen LogP contribution in [0.25, 0.3) is 6.08 Å². The fourth-order valence-electron chi connectivity index (χ4n) is 2.09. The third-order valence-corrected chi connectivity index (χ3v) is 3.31. The first kappa shape index (κ1) is 15.7. The number of hydrogen-bond acceptors (Lipinski definition) is 3. The van der Waals surface area contributed by atoms with Crippen LogP contribution in [0.1, 0.15) is 41.2 Å². The first-order chi connectivity index (χ1) is 10.6. The zero-order valence-corrected chi connectivity index (χ0v) is 13.1. The Morgan fingerprint density at radius 1 is 1.36 bits per heavy atom. The fraction of sp³-hybridized carbons (Fsp3) is 0.235. The first-order valence-electron chi connectivity index (χ1n) is 7.22. The molecule has 0 aliphatic rings. The summed E-state index contributed by atoms with van der Waals surface area (Å²) < 4.78 is 0. The molecule has 0 saturated carbocycles. The molecule has 5 heteroatoms. The summed E-state index contributed by atoms with van der Waals surface area (Å²) in [7, 11) is 0. The molecule has 5 nitrogen and oxygen atoms in total. The van der Waals surface area contributed by atoms with Crippen LogP contribution >= 0.6 is 0 Å². The predicted molar refractivity (Wildman–Crippen MR) is 88.8 cm³/mol. The lowest BCUT2D eigenvalue weighted by Crippen LogP contribution is -2.19. The van der Waals surface area contributed by atoms with Gasteiger partial charge in [0.1, 0.15) is 0 Å². The van der Waals surface area contributed by atoms with Gasteiger partial charge < -0.3 is 0 Å². The molecule has 22 heavy (non-hydrogen) atoms. The van der Waals surface area contributed by atoms with E-state index in [-0.39, 0.29) is 5.91 Å². The molecule has 1 amide bonds. The number of nitrogens with one attached hydrogen (secondary N) is 2. The van der Waals surface area contributed by atoms with Crippen molar-refractivity contribution in [3.63, 3.8) is 0 Å². The Morgan fingerprint density at radius 2 is 2.09 bits per heavy atom. The van der Waals surface area contributed by atoms with Crippen LogP contribution in [-0.2, 0) is 6.42 Å². The minimum atomic E-state index is -0.308. The number of carbonyl (C=O) groups excluding carboxylic acids is 1. The van der Waals surface area contributed by atoms with E-state index in [9.17, 15) is 4.79 Å². The largest absolute Gasteiger partial charge is 0.292 e. The molecule has 114 valence electrons. The lowest BCUT2D eigenvalue weighted by molar-refractivity contribution is 0.0949. The van der Waals surface area contributed by atoms with Crippen LogP contribution in [0.4, 0.5) is 0 Å². The van der Waals surface area contributed by atoms with Gasteiger partial charge in [-0.25, -0.2) is 5.43 Å². The Kier molecular flexibility index (Phi) is 5.25. The minimum Gasteiger partial charge on any atom is -0.282 e. The number of carbonyl (C=O) groups is 1. The van der Waals surface area contributed by atoms with E-state index in [0.717, 1.165) is 28.8 Å². The second-order valence-corrected chi connectivity index (χ2v) is 5.03. The van der Waals surface area contributed by atoms with Crippen LogP contribution in [0.3, 0.4) is 0 Å². The Labute approximate surface area is 130 Å². The monoisotopic (exact) mass is 296 g/mol. The molecule has 2 rings (SSSR count). The van der Waals surface area contributed by atoms with Crippen LogP contribution in [0, 0.1) is 6.92 Å². The van der Waals surface area contributed by atoms with E-state index in [1.165, 1.54) is 0 Å². The molecule has 1 aromatic heterocycles. The Balaban J connectivity index is 1.98. The molecule has 0 saturated heterocycles. The highest BCUT2D eigenvalue weighted by Crippen LogP contribution is 2.10. The van der Waals surface area contributed by atoms with Crippen molar-refractivity contribution in [1.82, 2.24) is 15.6 Å². The van der Waals surface area contributed by atoms with Crippen molar-refractivity contribution in [3.05, 3.63) is 58.4 Å². The molecule has 1 heterocycles. The van der Waals surface area contributed by atoms with Gasteiger partial charge in [-0.15, -0.1) is 0 Å². The second kappa shape index (κ2) is 7.36. The van der Waals surface area contributed by atoms with E-state index in [4.69, 9.17) is 0 Å². The quantitative estimate of drug-likeness (QED) is 0.657. The summed E-state index contributed by atoms with van der Waals surface area (Å²) in [6.45, 7) is 5.82. The molecular weight excluding hydrogens is 276 g/mol. The number of amides is 1. The maximum Gasteiger partial charge on any atom is 0.292 e. The molecule has 2 N–H and O–H groups in total. The molecule has 0 spiro atoms. The third kappa shape index (κ3) is 3.91. The summed E-state index contributed by atoms with van der Waals surface area (Å²) in [5, 5.41) is 10.9. The zero-order valence-electron chi connectivity index (χ0n) is 13.1. The Hall–Kier alpha value is -2.69.